The molecule has 0 bridgehead atoms. The van der Waals surface area contributed by atoms with Crippen molar-refractivity contribution in [3.8, 4) is 5.75 Å². The maximum absolute atomic E-state index is 5.75. The van der Waals surface area contributed by atoms with E-state index in [1.165, 1.54) is 5.56 Å². The van der Waals surface area contributed by atoms with Gasteiger partial charge in [-0.05, 0) is 25.8 Å². The van der Waals surface area contributed by atoms with E-state index < -0.39 is 0 Å². The van der Waals surface area contributed by atoms with E-state index in [0.717, 1.165) is 49.0 Å². The number of halogens is 1. The minimum absolute atomic E-state index is 0. The number of aliphatic imine (C=N–C) groups is 1. The van der Waals surface area contributed by atoms with Gasteiger partial charge in [0.25, 0.3) is 0 Å². The molecule has 0 aliphatic carbocycles. The molecule has 2 N–H and O–H groups in total. The number of benzene rings is 1. The van der Waals surface area contributed by atoms with Crippen LogP contribution in [0.4, 0.5) is 0 Å². The van der Waals surface area contributed by atoms with Gasteiger partial charge in [0, 0.05) is 30.5 Å². The number of ether oxygens (including phenoxy) is 1. The smallest absolute Gasteiger partial charge is 0.192 e. The summed E-state index contributed by atoms with van der Waals surface area (Å²) in [5, 5.41) is 11.1. The quantitative estimate of drug-likeness (QED) is 0.327. The zero-order valence-corrected chi connectivity index (χ0v) is 19.2. The van der Waals surface area contributed by atoms with Crippen molar-refractivity contribution in [3.05, 3.63) is 47.3 Å². The van der Waals surface area contributed by atoms with Crippen molar-refractivity contribution in [1.29, 1.82) is 0 Å². The Labute approximate surface area is 184 Å². The van der Waals surface area contributed by atoms with Gasteiger partial charge in [0.2, 0.25) is 0 Å². The zero-order valence-electron chi connectivity index (χ0n) is 16.9. The predicted molar refractivity (Wildman–Crippen MR) is 122 cm³/mol. The lowest BCUT2D eigenvalue weighted by atomic mass is 9.99. The van der Waals surface area contributed by atoms with Gasteiger partial charge in [-0.1, -0.05) is 37.2 Å². The van der Waals surface area contributed by atoms with E-state index in [0.29, 0.717) is 19.1 Å². The minimum atomic E-state index is 0. The van der Waals surface area contributed by atoms with Crippen molar-refractivity contribution in [3.63, 3.8) is 0 Å². The van der Waals surface area contributed by atoms with Crippen molar-refractivity contribution < 1.29 is 9.26 Å². The Morgan fingerprint density at radius 1 is 1.25 bits per heavy atom. The molecular formula is C21H31IN4O2. The molecule has 0 saturated carbocycles. The zero-order chi connectivity index (χ0) is 19.1. The molecule has 6 nitrogen and oxygen atoms in total. The highest BCUT2D eigenvalue weighted by atomic mass is 127. The SMILES string of the molecule is CCNC(=NCc1cc(C(CC)CC)no1)NC1CCOc2ccccc21.I. The number of nitrogens with zero attached hydrogens (tertiary/aromatic N) is 2. The number of fused-ring (bicyclic) bond motifs is 1. The van der Waals surface area contributed by atoms with Crippen LogP contribution in [0.25, 0.3) is 0 Å². The second kappa shape index (κ2) is 11.3. The predicted octanol–water partition coefficient (Wildman–Crippen LogP) is 4.78. The molecule has 0 fully saturated rings. The van der Waals surface area contributed by atoms with Crippen LogP contribution >= 0.6 is 24.0 Å². The van der Waals surface area contributed by atoms with E-state index in [1.807, 2.05) is 24.3 Å². The number of aromatic nitrogens is 1. The Bertz CT molecular complexity index is 758. The summed E-state index contributed by atoms with van der Waals surface area (Å²) in [6, 6.07) is 10.4. The fraction of sp³-hybridized carbons (Fsp3) is 0.524. The van der Waals surface area contributed by atoms with Crippen molar-refractivity contribution in [2.24, 2.45) is 4.99 Å². The summed E-state index contributed by atoms with van der Waals surface area (Å²) in [5.74, 6) is 2.97. The molecule has 1 aromatic carbocycles. The molecule has 0 amide bonds. The molecule has 154 valence electrons. The molecule has 1 aliphatic heterocycles. The minimum Gasteiger partial charge on any atom is -0.493 e. The van der Waals surface area contributed by atoms with Gasteiger partial charge in [0.15, 0.2) is 11.7 Å². The van der Waals surface area contributed by atoms with Crippen molar-refractivity contribution >= 4 is 29.9 Å². The maximum atomic E-state index is 5.75. The van der Waals surface area contributed by atoms with Gasteiger partial charge >= 0.3 is 0 Å². The summed E-state index contributed by atoms with van der Waals surface area (Å²) < 4.78 is 11.2. The Morgan fingerprint density at radius 3 is 2.79 bits per heavy atom. The molecular weight excluding hydrogens is 467 g/mol. The Morgan fingerprint density at radius 2 is 2.04 bits per heavy atom. The average Bonchev–Trinajstić information content (AvgIpc) is 3.16. The van der Waals surface area contributed by atoms with Crippen LogP contribution in [-0.4, -0.2) is 24.3 Å². The van der Waals surface area contributed by atoms with Crippen LogP contribution < -0.4 is 15.4 Å². The van der Waals surface area contributed by atoms with E-state index in [4.69, 9.17) is 14.3 Å². The van der Waals surface area contributed by atoms with Crippen LogP contribution in [0.15, 0.2) is 39.8 Å². The number of rotatable bonds is 7. The first-order chi connectivity index (χ1) is 13.2. The topological polar surface area (TPSA) is 71.7 Å². The van der Waals surface area contributed by atoms with Gasteiger partial charge < -0.3 is 19.9 Å². The highest BCUT2D eigenvalue weighted by Gasteiger charge is 2.22. The van der Waals surface area contributed by atoms with Crippen LogP contribution in [0.5, 0.6) is 5.75 Å². The fourth-order valence-electron chi connectivity index (χ4n) is 3.44. The Kier molecular flexibility index (Phi) is 9.08. The lowest BCUT2D eigenvalue weighted by Crippen LogP contribution is -2.41. The summed E-state index contributed by atoms with van der Waals surface area (Å²) in [6.07, 6.45) is 3.04. The first-order valence-electron chi connectivity index (χ1n) is 9.97. The average molecular weight is 498 g/mol. The second-order valence-corrected chi connectivity index (χ2v) is 6.80. The standard InChI is InChI=1S/C21H30N4O2.HI/c1-4-15(5-2)19-13-16(27-25-19)14-23-21(22-6-3)24-18-11-12-26-20-10-8-7-9-17(18)20;/h7-10,13,15,18H,4-6,11-12,14H2,1-3H3,(H2,22,23,24);1H. The number of para-hydroxylation sites is 1. The normalized spacial score (nSPS) is 16.1. The summed E-state index contributed by atoms with van der Waals surface area (Å²) in [6.45, 7) is 8.39. The molecule has 1 aliphatic rings. The first kappa shape index (κ1) is 22.5. The highest BCUT2D eigenvalue weighted by molar-refractivity contribution is 14.0. The summed E-state index contributed by atoms with van der Waals surface area (Å²) in [7, 11) is 0. The van der Waals surface area contributed by atoms with Crippen molar-refractivity contribution in [1.82, 2.24) is 15.8 Å². The second-order valence-electron chi connectivity index (χ2n) is 6.80. The summed E-state index contributed by atoms with van der Waals surface area (Å²) in [5.41, 5.74) is 2.20. The Hall–Kier alpha value is -1.77. The third kappa shape index (κ3) is 5.62. The van der Waals surface area contributed by atoms with Crippen LogP contribution in [0.2, 0.25) is 0 Å². The van der Waals surface area contributed by atoms with E-state index >= 15 is 0 Å². The number of hydrogen-bond donors (Lipinski definition) is 2. The molecule has 1 unspecified atom stereocenters. The fourth-order valence-corrected chi connectivity index (χ4v) is 3.44. The van der Waals surface area contributed by atoms with Gasteiger partial charge in [0.1, 0.15) is 12.3 Å². The van der Waals surface area contributed by atoms with Gasteiger partial charge in [-0.3, -0.25) is 0 Å². The molecule has 1 atom stereocenters. The molecule has 2 aromatic rings. The van der Waals surface area contributed by atoms with Crippen molar-refractivity contribution in [2.45, 2.75) is 58.5 Å². The third-order valence-corrected chi connectivity index (χ3v) is 4.99. The summed E-state index contributed by atoms with van der Waals surface area (Å²) >= 11 is 0. The van der Waals surface area contributed by atoms with Gasteiger partial charge in [-0.25, -0.2) is 4.99 Å². The molecule has 0 spiro atoms. The lowest BCUT2D eigenvalue weighted by Gasteiger charge is -2.28. The van der Waals surface area contributed by atoms with Gasteiger partial charge in [-0.2, -0.15) is 0 Å². The molecule has 1 aromatic heterocycles. The van der Waals surface area contributed by atoms with Gasteiger partial charge in [0.05, 0.1) is 18.3 Å². The monoisotopic (exact) mass is 498 g/mol. The van der Waals surface area contributed by atoms with E-state index in [-0.39, 0.29) is 30.0 Å². The van der Waals surface area contributed by atoms with Crippen LogP contribution in [0.1, 0.15) is 69.0 Å². The molecule has 3 rings (SSSR count). The molecule has 2 heterocycles. The summed E-state index contributed by atoms with van der Waals surface area (Å²) in [4.78, 5) is 4.69. The number of hydrogen-bond acceptors (Lipinski definition) is 4. The van der Waals surface area contributed by atoms with E-state index in [1.54, 1.807) is 0 Å². The van der Waals surface area contributed by atoms with Crippen LogP contribution in [0, 0.1) is 0 Å². The van der Waals surface area contributed by atoms with E-state index in [9.17, 15) is 0 Å². The molecule has 28 heavy (non-hydrogen) atoms. The van der Waals surface area contributed by atoms with E-state index in [2.05, 4.69) is 42.6 Å². The Balaban J connectivity index is 0.00000280. The van der Waals surface area contributed by atoms with Crippen molar-refractivity contribution in [2.75, 3.05) is 13.2 Å². The van der Waals surface area contributed by atoms with Gasteiger partial charge in [-0.15, -0.1) is 24.0 Å². The van der Waals surface area contributed by atoms with Crippen LogP contribution in [0.3, 0.4) is 0 Å². The molecule has 7 heteroatoms. The highest BCUT2D eigenvalue weighted by Crippen LogP contribution is 2.31. The largest absolute Gasteiger partial charge is 0.493 e. The van der Waals surface area contributed by atoms with Crippen LogP contribution in [-0.2, 0) is 6.54 Å². The third-order valence-electron chi connectivity index (χ3n) is 4.99. The lowest BCUT2D eigenvalue weighted by molar-refractivity contribution is 0.261. The maximum Gasteiger partial charge on any atom is 0.192 e. The number of nitrogens with one attached hydrogen (secondary N) is 2. The molecule has 0 radical (unpaired) electrons. The number of guanidine groups is 1. The first-order valence-corrected chi connectivity index (χ1v) is 9.97. The molecule has 0 saturated heterocycles.